The summed E-state index contributed by atoms with van der Waals surface area (Å²) in [5.74, 6) is 1.61. The molecule has 3 aromatic rings. The van der Waals surface area contributed by atoms with Gasteiger partial charge in [0.2, 0.25) is 5.95 Å². The highest BCUT2D eigenvalue weighted by Gasteiger charge is 2.26. The number of carbonyl (C=O) groups is 1. The predicted molar refractivity (Wildman–Crippen MR) is 141 cm³/mol. The highest BCUT2D eigenvalue weighted by Crippen LogP contribution is 2.31. The second kappa shape index (κ2) is 10.0. The third-order valence-electron chi connectivity index (χ3n) is 6.85. The van der Waals surface area contributed by atoms with Crippen molar-refractivity contribution in [3.8, 4) is 0 Å². The number of Topliss-reactive ketones (excluding diaryl/α,β-unsaturated/α-hetero) is 1. The Hall–Kier alpha value is -2.88. The van der Waals surface area contributed by atoms with Gasteiger partial charge in [0.15, 0.2) is 10.9 Å². The smallest absolute Gasteiger partial charge is 0.231 e. The van der Waals surface area contributed by atoms with E-state index in [-0.39, 0.29) is 5.78 Å². The Bertz CT molecular complexity index is 1250. The number of fused-ring (bicyclic) bond motifs is 1. The van der Waals surface area contributed by atoms with Crippen LogP contribution in [0.15, 0.2) is 18.2 Å². The van der Waals surface area contributed by atoms with Gasteiger partial charge in [-0.25, -0.2) is 9.97 Å². The van der Waals surface area contributed by atoms with Crippen LogP contribution in [0.2, 0.25) is 0 Å². The molecular weight excluding hydrogens is 458 g/mol. The van der Waals surface area contributed by atoms with Crippen molar-refractivity contribution in [2.45, 2.75) is 47.2 Å². The van der Waals surface area contributed by atoms with Gasteiger partial charge in [0.05, 0.1) is 16.3 Å². The van der Waals surface area contributed by atoms with Crippen LogP contribution in [0.5, 0.6) is 0 Å². The second-order valence-electron chi connectivity index (χ2n) is 9.53. The Morgan fingerprint density at radius 1 is 1.09 bits per heavy atom. The first kappa shape index (κ1) is 23.8. The molecule has 184 valence electrons. The number of anilines is 3. The maximum absolute atomic E-state index is 11.9. The molecule has 2 aliphatic heterocycles. The highest BCUT2D eigenvalue weighted by atomic mass is 32.1. The number of nitrogens with one attached hydrogen (secondary N) is 2. The summed E-state index contributed by atoms with van der Waals surface area (Å²) >= 11 is 1.36. The average Bonchev–Trinajstić information content (AvgIpc) is 3.21. The van der Waals surface area contributed by atoms with E-state index in [9.17, 15) is 4.79 Å². The minimum atomic E-state index is 0.0305. The lowest BCUT2D eigenvalue weighted by molar-refractivity contribution is 0.102. The molecule has 8 nitrogen and oxygen atoms in total. The number of hydrogen-bond donors (Lipinski definition) is 2. The topological polar surface area (TPSA) is 86.3 Å². The molecule has 0 atom stereocenters. The van der Waals surface area contributed by atoms with Crippen LogP contribution in [0, 0.1) is 20.8 Å². The summed E-state index contributed by atoms with van der Waals surface area (Å²) in [6.45, 7) is 14.2. The van der Waals surface area contributed by atoms with Crippen molar-refractivity contribution in [1.29, 1.82) is 0 Å². The molecule has 0 aliphatic carbocycles. The second-order valence-corrected chi connectivity index (χ2v) is 10.5. The van der Waals surface area contributed by atoms with Crippen LogP contribution in [-0.4, -0.2) is 58.4 Å². The van der Waals surface area contributed by atoms with Gasteiger partial charge in [0, 0.05) is 58.3 Å². The zero-order valence-electron chi connectivity index (χ0n) is 20.9. The SMILES string of the molecule is CC(=O)c1sc(Nc2nc3c(c(N4CCNCC4)n2)CCN(Cc2ccc(C)c(C)c2)C3)nc1C. The lowest BCUT2D eigenvalue weighted by atomic mass is 10.0. The van der Waals surface area contributed by atoms with Crippen LogP contribution >= 0.6 is 11.3 Å². The Morgan fingerprint density at radius 2 is 1.89 bits per heavy atom. The summed E-state index contributed by atoms with van der Waals surface area (Å²) in [6, 6.07) is 6.73. The predicted octanol–water partition coefficient (Wildman–Crippen LogP) is 3.77. The average molecular weight is 492 g/mol. The molecule has 9 heteroatoms. The fraction of sp³-hybridized carbons (Fsp3) is 0.462. The van der Waals surface area contributed by atoms with Crippen molar-refractivity contribution >= 4 is 34.0 Å². The molecule has 4 heterocycles. The van der Waals surface area contributed by atoms with E-state index in [0.29, 0.717) is 16.0 Å². The fourth-order valence-corrected chi connectivity index (χ4v) is 5.68. The molecule has 2 aromatic heterocycles. The van der Waals surface area contributed by atoms with Crippen molar-refractivity contribution in [2.75, 3.05) is 42.9 Å². The van der Waals surface area contributed by atoms with Crippen LogP contribution < -0.4 is 15.5 Å². The van der Waals surface area contributed by atoms with Crippen molar-refractivity contribution in [3.63, 3.8) is 0 Å². The summed E-state index contributed by atoms with van der Waals surface area (Å²) in [4.78, 5) is 31.9. The number of benzene rings is 1. The van der Waals surface area contributed by atoms with Crippen molar-refractivity contribution in [1.82, 2.24) is 25.2 Å². The zero-order valence-corrected chi connectivity index (χ0v) is 21.8. The van der Waals surface area contributed by atoms with Gasteiger partial charge >= 0.3 is 0 Å². The molecule has 0 saturated carbocycles. The Kier molecular flexibility index (Phi) is 6.82. The first-order valence-corrected chi connectivity index (χ1v) is 13.1. The van der Waals surface area contributed by atoms with Gasteiger partial charge in [-0.2, -0.15) is 4.98 Å². The third kappa shape index (κ3) is 5.22. The van der Waals surface area contributed by atoms with Crippen molar-refractivity contribution in [2.24, 2.45) is 0 Å². The fourth-order valence-electron chi connectivity index (χ4n) is 4.83. The largest absolute Gasteiger partial charge is 0.354 e. The number of hydrogen-bond acceptors (Lipinski definition) is 9. The van der Waals surface area contributed by atoms with Gasteiger partial charge in [0.1, 0.15) is 5.82 Å². The summed E-state index contributed by atoms with van der Waals surface area (Å²) in [7, 11) is 0. The number of piperazine rings is 1. The van der Waals surface area contributed by atoms with Gasteiger partial charge in [-0.05, 0) is 43.9 Å². The molecule has 2 aliphatic rings. The van der Waals surface area contributed by atoms with Gasteiger partial charge in [0.25, 0.3) is 0 Å². The Labute approximate surface area is 210 Å². The quantitative estimate of drug-likeness (QED) is 0.504. The van der Waals surface area contributed by atoms with Gasteiger partial charge in [-0.15, -0.1) is 0 Å². The molecule has 0 spiro atoms. The first-order chi connectivity index (χ1) is 16.9. The molecule has 1 fully saturated rings. The van der Waals surface area contributed by atoms with Gasteiger partial charge in [-0.1, -0.05) is 29.5 Å². The summed E-state index contributed by atoms with van der Waals surface area (Å²) in [5.41, 5.74) is 7.07. The molecule has 0 radical (unpaired) electrons. The molecule has 0 unspecified atom stereocenters. The van der Waals surface area contributed by atoms with Crippen LogP contribution in [0.3, 0.4) is 0 Å². The molecule has 0 amide bonds. The summed E-state index contributed by atoms with van der Waals surface area (Å²) in [5, 5.41) is 7.39. The van der Waals surface area contributed by atoms with E-state index in [1.165, 1.54) is 33.6 Å². The van der Waals surface area contributed by atoms with E-state index in [2.05, 4.69) is 57.5 Å². The Balaban J connectivity index is 1.44. The third-order valence-corrected chi connectivity index (χ3v) is 8.03. The minimum absolute atomic E-state index is 0.0305. The first-order valence-electron chi connectivity index (χ1n) is 12.3. The maximum Gasteiger partial charge on any atom is 0.231 e. The van der Waals surface area contributed by atoms with E-state index in [1.54, 1.807) is 6.92 Å². The number of rotatable bonds is 6. The van der Waals surface area contributed by atoms with Crippen LogP contribution in [-0.2, 0) is 19.5 Å². The zero-order chi connectivity index (χ0) is 24.5. The summed E-state index contributed by atoms with van der Waals surface area (Å²) < 4.78 is 0. The number of thiazole rings is 1. The molecule has 1 saturated heterocycles. The number of carbonyl (C=O) groups excluding carboxylic acids is 1. The number of aromatic nitrogens is 3. The van der Waals surface area contributed by atoms with Crippen molar-refractivity contribution < 1.29 is 4.79 Å². The summed E-state index contributed by atoms with van der Waals surface area (Å²) in [6.07, 6.45) is 0.935. The molecule has 0 bridgehead atoms. The molecule has 5 rings (SSSR count). The molecular formula is C26H33N7OS. The lowest BCUT2D eigenvalue weighted by Crippen LogP contribution is -2.45. The number of nitrogens with zero attached hydrogens (tertiary/aromatic N) is 5. The minimum Gasteiger partial charge on any atom is -0.354 e. The highest BCUT2D eigenvalue weighted by molar-refractivity contribution is 7.17. The molecule has 35 heavy (non-hydrogen) atoms. The van der Waals surface area contributed by atoms with E-state index in [0.717, 1.165) is 69.4 Å². The lowest BCUT2D eigenvalue weighted by Gasteiger charge is -2.34. The monoisotopic (exact) mass is 491 g/mol. The van der Waals surface area contributed by atoms with Crippen LogP contribution in [0.4, 0.5) is 16.9 Å². The molecule has 1 aromatic carbocycles. The van der Waals surface area contributed by atoms with E-state index >= 15 is 0 Å². The van der Waals surface area contributed by atoms with Crippen LogP contribution in [0.1, 0.15) is 50.2 Å². The number of ketones is 1. The normalized spacial score (nSPS) is 16.3. The van der Waals surface area contributed by atoms with Crippen LogP contribution in [0.25, 0.3) is 0 Å². The maximum atomic E-state index is 11.9. The Morgan fingerprint density at radius 3 is 2.60 bits per heavy atom. The number of aryl methyl sites for hydroxylation is 3. The van der Waals surface area contributed by atoms with Gasteiger partial charge in [-0.3, -0.25) is 15.0 Å². The van der Waals surface area contributed by atoms with Crippen molar-refractivity contribution in [3.05, 3.63) is 56.7 Å². The van der Waals surface area contributed by atoms with E-state index in [4.69, 9.17) is 9.97 Å². The van der Waals surface area contributed by atoms with E-state index in [1.807, 2.05) is 6.92 Å². The van der Waals surface area contributed by atoms with E-state index < -0.39 is 0 Å². The van der Waals surface area contributed by atoms with Gasteiger partial charge < -0.3 is 10.2 Å². The molecule has 2 N–H and O–H groups in total. The standard InChI is InChI=1S/C26H33N7OS/c1-16-5-6-20(13-17(16)2)14-32-10-7-21-22(15-32)29-25(30-24(21)33-11-8-27-9-12-33)31-26-28-18(3)23(35-26)19(4)34/h5-6,13,27H,7-12,14-15H2,1-4H3,(H,28,29,30,31).